The van der Waals surface area contributed by atoms with Crippen LogP contribution in [0.15, 0.2) is 35.4 Å². The number of H-pyrrole nitrogens is 1. The van der Waals surface area contributed by atoms with E-state index in [0.29, 0.717) is 11.2 Å². The highest BCUT2D eigenvalue weighted by Crippen LogP contribution is 2.39. The van der Waals surface area contributed by atoms with E-state index in [-0.39, 0.29) is 11.5 Å². The molecule has 1 saturated carbocycles. The van der Waals surface area contributed by atoms with Crippen molar-refractivity contribution < 1.29 is 0 Å². The number of aromatic amines is 1. The Hall–Kier alpha value is -2.63. The molecule has 1 fully saturated rings. The summed E-state index contributed by atoms with van der Waals surface area (Å²) in [4.78, 5) is 22.5. The molecule has 0 radical (unpaired) electrons. The number of nitrogens with two attached hydrogens (primary N) is 1. The number of aryl methyl sites for hydroxylation is 2. The van der Waals surface area contributed by atoms with Crippen molar-refractivity contribution in [2.45, 2.75) is 31.7 Å². The van der Waals surface area contributed by atoms with Crippen LogP contribution in [0.25, 0.3) is 11.2 Å². The molecule has 22 heavy (non-hydrogen) atoms. The number of hydrogen-bond acceptors (Lipinski definition) is 4. The Kier molecular flexibility index (Phi) is 2.96. The second-order valence-corrected chi connectivity index (χ2v) is 5.83. The van der Waals surface area contributed by atoms with Crippen molar-refractivity contribution in [3.05, 3.63) is 52.1 Å². The van der Waals surface area contributed by atoms with Gasteiger partial charge in [0.05, 0.1) is 6.33 Å². The largest absolute Gasteiger partial charge is 0.369 e. The summed E-state index contributed by atoms with van der Waals surface area (Å²) in [5.41, 5.74) is 8.89. The molecule has 1 aromatic carbocycles. The third kappa shape index (κ3) is 2.36. The highest BCUT2D eigenvalue weighted by molar-refractivity contribution is 5.70. The minimum atomic E-state index is -0.296. The van der Waals surface area contributed by atoms with E-state index in [1.54, 1.807) is 6.33 Å². The molecule has 0 atom stereocenters. The van der Waals surface area contributed by atoms with E-state index in [1.165, 1.54) is 24.0 Å². The first kappa shape index (κ1) is 13.1. The van der Waals surface area contributed by atoms with Crippen LogP contribution in [0, 0.1) is 0 Å². The van der Waals surface area contributed by atoms with Gasteiger partial charge in [0.1, 0.15) is 0 Å². The Morgan fingerprint density at radius 1 is 1.27 bits per heavy atom. The van der Waals surface area contributed by atoms with E-state index in [2.05, 4.69) is 39.2 Å². The molecule has 0 spiro atoms. The van der Waals surface area contributed by atoms with Gasteiger partial charge in [-0.25, -0.2) is 4.98 Å². The Balaban J connectivity index is 1.54. The molecule has 0 unspecified atom stereocenters. The number of hydrogen-bond donors (Lipinski definition) is 2. The standard InChI is InChI=1S/C16H17N5O/c17-16-19-14-13(15(22)20-16)18-9-21(14)8-7-10-1-3-11(4-2-10)12-5-6-12/h1-4,9,12H,5-8H2,(H3,17,19,20,22). The molecule has 0 aliphatic heterocycles. The molecule has 2 aromatic heterocycles. The zero-order valence-electron chi connectivity index (χ0n) is 12.1. The second-order valence-electron chi connectivity index (χ2n) is 5.83. The maximum atomic E-state index is 11.7. The van der Waals surface area contributed by atoms with Crippen molar-refractivity contribution in [1.82, 2.24) is 19.5 Å². The minimum Gasteiger partial charge on any atom is -0.369 e. The predicted molar refractivity (Wildman–Crippen MR) is 84.7 cm³/mol. The van der Waals surface area contributed by atoms with Gasteiger partial charge in [0.2, 0.25) is 5.95 Å². The molecule has 112 valence electrons. The van der Waals surface area contributed by atoms with Crippen molar-refractivity contribution in [2.24, 2.45) is 0 Å². The maximum absolute atomic E-state index is 11.7. The fraction of sp³-hybridized carbons (Fsp3) is 0.312. The summed E-state index contributed by atoms with van der Waals surface area (Å²) in [6.07, 6.45) is 5.15. The topological polar surface area (TPSA) is 89.6 Å². The highest BCUT2D eigenvalue weighted by Gasteiger charge is 2.22. The number of benzene rings is 1. The van der Waals surface area contributed by atoms with Gasteiger partial charge in [0.15, 0.2) is 11.2 Å². The van der Waals surface area contributed by atoms with Crippen LogP contribution in [-0.2, 0) is 13.0 Å². The molecule has 0 saturated heterocycles. The zero-order chi connectivity index (χ0) is 15.1. The van der Waals surface area contributed by atoms with Crippen molar-refractivity contribution in [2.75, 3.05) is 5.73 Å². The summed E-state index contributed by atoms with van der Waals surface area (Å²) < 4.78 is 1.87. The summed E-state index contributed by atoms with van der Waals surface area (Å²) in [6, 6.07) is 8.81. The zero-order valence-corrected chi connectivity index (χ0v) is 12.1. The lowest BCUT2D eigenvalue weighted by Crippen LogP contribution is -2.12. The number of nitrogen functional groups attached to an aromatic ring is 1. The quantitative estimate of drug-likeness (QED) is 0.768. The molecule has 1 aliphatic carbocycles. The minimum absolute atomic E-state index is 0.119. The number of anilines is 1. The normalized spacial score (nSPS) is 14.5. The lowest BCUT2D eigenvalue weighted by atomic mass is 10.1. The second kappa shape index (κ2) is 4.98. The van der Waals surface area contributed by atoms with E-state index >= 15 is 0 Å². The lowest BCUT2D eigenvalue weighted by molar-refractivity contribution is 0.709. The van der Waals surface area contributed by atoms with Crippen molar-refractivity contribution >= 4 is 17.1 Å². The molecule has 3 N–H and O–H groups in total. The van der Waals surface area contributed by atoms with Crippen molar-refractivity contribution in [3.8, 4) is 0 Å². The fourth-order valence-electron chi connectivity index (χ4n) is 2.76. The number of aromatic nitrogens is 4. The number of imidazole rings is 1. The van der Waals surface area contributed by atoms with Crippen LogP contribution in [0.3, 0.4) is 0 Å². The Morgan fingerprint density at radius 2 is 2.05 bits per heavy atom. The molecular weight excluding hydrogens is 278 g/mol. The first-order chi connectivity index (χ1) is 10.7. The molecule has 6 nitrogen and oxygen atoms in total. The van der Waals surface area contributed by atoms with Crippen LogP contribution in [0.4, 0.5) is 5.95 Å². The molecule has 6 heteroatoms. The van der Waals surface area contributed by atoms with Crippen molar-refractivity contribution in [3.63, 3.8) is 0 Å². The molecular formula is C16H17N5O. The first-order valence-electron chi connectivity index (χ1n) is 7.50. The number of fused-ring (bicyclic) bond motifs is 1. The van der Waals surface area contributed by atoms with E-state index in [1.807, 2.05) is 4.57 Å². The monoisotopic (exact) mass is 295 g/mol. The van der Waals surface area contributed by atoms with Gasteiger partial charge in [-0.1, -0.05) is 24.3 Å². The van der Waals surface area contributed by atoms with E-state index < -0.39 is 0 Å². The average molecular weight is 295 g/mol. The Labute approximate surface area is 127 Å². The summed E-state index contributed by atoms with van der Waals surface area (Å²) in [7, 11) is 0. The summed E-state index contributed by atoms with van der Waals surface area (Å²) >= 11 is 0. The molecule has 0 amide bonds. The van der Waals surface area contributed by atoms with Crippen LogP contribution in [0.2, 0.25) is 0 Å². The average Bonchev–Trinajstić information content (AvgIpc) is 3.27. The van der Waals surface area contributed by atoms with Gasteiger partial charge in [-0.3, -0.25) is 9.78 Å². The first-order valence-corrected chi connectivity index (χ1v) is 7.50. The third-order valence-corrected chi connectivity index (χ3v) is 4.16. The van der Waals surface area contributed by atoms with E-state index in [9.17, 15) is 4.79 Å². The number of nitrogens with one attached hydrogen (secondary N) is 1. The van der Waals surface area contributed by atoms with Gasteiger partial charge in [0.25, 0.3) is 5.56 Å². The summed E-state index contributed by atoms with van der Waals surface area (Å²) in [6.45, 7) is 0.717. The Bertz CT molecular complexity index is 874. The van der Waals surface area contributed by atoms with Crippen LogP contribution in [0.1, 0.15) is 29.9 Å². The summed E-state index contributed by atoms with van der Waals surface area (Å²) in [5.74, 6) is 0.901. The molecule has 2 heterocycles. The fourth-order valence-corrected chi connectivity index (χ4v) is 2.76. The number of rotatable bonds is 4. The van der Waals surface area contributed by atoms with Gasteiger partial charge >= 0.3 is 0 Å². The molecule has 3 aromatic rings. The lowest BCUT2D eigenvalue weighted by Gasteiger charge is -2.05. The van der Waals surface area contributed by atoms with Crippen LogP contribution in [0.5, 0.6) is 0 Å². The van der Waals surface area contributed by atoms with Gasteiger partial charge in [-0.15, -0.1) is 0 Å². The highest BCUT2D eigenvalue weighted by atomic mass is 16.1. The Morgan fingerprint density at radius 3 is 2.77 bits per heavy atom. The van der Waals surface area contributed by atoms with Gasteiger partial charge < -0.3 is 10.3 Å². The summed E-state index contributed by atoms with van der Waals surface area (Å²) in [5, 5.41) is 0. The van der Waals surface area contributed by atoms with Crippen LogP contribution < -0.4 is 11.3 Å². The van der Waals surface area contributed by atoms with Crippen LogP contribution >= 0.6 is 0 Å². The van der Waals surface area contributed by atoms with Gasteiger partial charge in [-0.2, -0.15) is 4.98 Å². The number of nitrogens with zero attached hydrogens (tertiary/aromatic N) is 3. The maximum Gasteiger partial charge on any atom is 0.280 e. The van der Waals surface area contributed by atoms with Gasteiger partial charge in [-0.05, 0) is 36.3 Å². The SMILES string of the molecule is Nc1nc2c(ncn2CCc2ccc(C3CC3)cc2)c(=O)[nH]1. The van der Waals surface area contributed by atoms with Crippen LogP contribution in [-0.4, -0.2) is 19.5 Å². The molecule has 1 aliphatic rings. The predicted octanol–water partition coefficient (Wildman–Crippen LogP) is 1.82. The van der Waals surface area contributed by atoms with Gasteiger partial charge in [0, 0.05) is 6.54 Å². The van der Waals surface area contributed by atoms with E-state index in [4.69, 9.17) is 5.73 Å². The third-order valence-electron chi connectivity index (χ3n) is 4.16. The van der Waals surface area contributed by atoms with Crippen molar-refractivity contribution in [1.29, 1.82) is 0 Å². The molecule has 4 rings (SSSR count). The molecule has 0 bridgehead atoms. The smallest absolute Gasteiger partial charge is 0.280 e. The van der Waals surface area contributed by atoms with E-state index in [0.717, 1.165) is 18.9 Å².